The molecule has 0 amide bonds. The van der Waals surface area contributed by atoms with Gasteiger partial charge >= 0.3 is 7.32 Å². The molecule has 0 fully saturated rings. The molecule has 0 saturated heterocycles. The summed E-state index contributed by atoms with van der Waals surface area (Å²) in [6, 6.07) is 1.21. The summed E-state index contributed by atoms with van der Waals surface area (Å²) in [6.45, 7) is 2.17. The fourth-order valence-electron chi connectivity index (χ4n) is 5.51. The molecule has 0 aliphatic heterocycles. The topological polar surface area (TPSA) is 27.7 Å². The van der Waals surface area contributed by atoms with Gasteiger partial charge in [-0.1, -0.05) is 71.1 Å². The molecule has 3 aromatic rings. The monoisotopic (exact) mass is 706 g/mol. The number of halogens is 9. The molecule has 4 nitrogen and oxygen atoms in total. The molecule has 0 heterocycles. The quantitative estimate of drug-likeness (QED) is 0.0385. The Morgan fingerprint density at radius 1 is 0.510 bits per heavy atom. The number of unbranched alkanes of at least 4 members (excludes halogenated alkanes) is 10. The first-order chi connectivity index (χ1) is 23.1. The van der Waals surface area contributed by atoms with Crippen molar-refractivity contribution >= 4 is 7.32 Å². The van der Waals surface area contributed by atoms with E-state index in [2.05, 4.69) is 6.92 Å². The van der Waals surface area contributed by atoms with Crippen LogP contribution in [-0.4, -0.2) is 32.9 Å². The molecule has 1 unspecified atom stereocenters. The highest BCUT2D eigenvalue weighted by Crippen LogP contribution is 2.40. The van der Waals surface area contributed by atoms with Gasteiger partial charge < -0.3 is 18.4 Å². The highest BCUT2D eigenvalue weighted by molar-refractivity contribution is 6.39. The van der Waals surface area contributed by atoms with Crippen LogP contribution in [0.2, 0.25) is 0 Å². The minimum atomic E-state index is -2.33. The van der Waals surface area contributed by atoms with Crippen LogP contribution < -0.4 is 14.0 Å². The van der Waals surface area contributed by atoms with Crippen molar-refractivity contribution in [1.82, 2.24) is 0 Å². The summed E-state index contributed by atoms with van der Waals surface area (Å²) in [5, 5.41) is 0. The molecular weight excluding hydrogens is 664 g/mol. The number of benzene rings is 3. The van der Waals surface area contributed by atoms with E-state index in [9.17, 15) is 35.1 Å². The Kier molecular flexibility index (Phi) is 15.0. The van der Waals surface area contributed by atoms with Crippen molar-refractivity contribution in [2.75, 3.05) is 21.1 Å². The second-order valence-electron chi connectivity index (χ2n) is 12.9. The molecule has 0 aromatic heterocycles. The predicted octanol–water partition coefficient (Wildman–Crippen LogP) is 10.9. The van der Waals surface area contributed by atoms with Crippen molar-refractivity contribution in [2.45, 2.75) is 90.0 Å². The van der Waals surface area contributed by atoms with Crippen LogP contribution in [0.15, 0.2) is 30.3 Å². The van der Waals surface area contributed by atoms with Gasteiger partial charge in [0.25, 0.3) is 0 Å². The smallest absolute Gasteiger partial charge is 0.489 e. The minimum absolute atomic E-state index is 0.0191. The van der Waals surface area contributed by atoms with Crippen molar-refractivity contribution in [2.24, 2.45) is 0 Å². The second-order valence-corrected chi connectivity index (χ2v) is 12.9. The Morgan fingerprint density at radius 3 is 1.31 bits per heavy atom. The summed E-state index contributed by atoms with van der Waals surface area (Å²) in [7, 11) is 2.77. The zero-order valence-electron chi connectivity index (χ0n) is 28.1. The number of rotatable bonds is 20. The molecule has 14 heteroatoms. The molecule has 0 bridgehead atoms. The fourth-order valence-corrected chi connectivity index (χ4v) is 5.51. The van der Waals surface area contributed by atoms with Gasteiger partial charge in [0.2, 0.25) is 0 Å². The molecule has 0 aliphatic rings. The summed E-state index contributed by atoms with van der Waals surface area (Å²) < 4.78 is 144. The summed E-state index contributed by atoms with van der Waals surface area (Å²) in [5.41, 5.74) is -0.427. The van der Waals surface area contributed by atoms with Gasteiger partial charge in [-0.25, -0.2) is 39.5 Å². The predicted molar refractivity (Wildman–Crippen MR) is 168 cm³/mol. The largest absolute Gasteiger partial charge is 0.864 e. The standard InChI is InChI=1S/C35H42BF9NO3/c1-5-6-7-8-9-10-11-12-13-14-15-16-29(46(2,3)4)31-30(21-28(41)34(44)35(31)45)49-36(47-22-17-24(37)32(42)25(38)18-22)48-23-19-26(39)33(43)27(40)20-23/h17-21,29H,5-16H2,1-4H3/q+1. The fraction of sp³-hybridized carbons (Fsp3) is 0.486. The van der Waals surface area contributed by atoms with Crippen molar-refractivity contribution in [3.05, 3.63) is 88.3 Å². The normalized spacial score (nSPS) is 12.3. The molecular formula is C35H42BF9NO3+. The van der Waals surface area contributed by atoms with E-state index >= 15 is 4.39 Å². The molecule has 270 valence electrons. The first kappa shape index (κ1) is 39.9. The second kappa shape index (κ2) is 18.4. The van der Waals surface area contributed by atoms with Crippen LogP contribution in [0, 0.1) is 52.4 Å². The number of hydrogen-bond acceptors (Lipinski definition) is 3. The van der Waals surface area contributed by atoms with Crippen LogP contribution in [0.5, 0.6) is 17.2 Å². The van der Waals surface area contributed by atoms with Crippen LogP contribution in [0.3, 0.4) is 0 Å². The lowest BCUT2D eigenvalue weighted by Gasteiger charge is -2.36. The van der Waals surface area contributed by atoms with E-state index in [1.54, 1.807) is 21.1 Å². The van der Waals surface area contributed by atoms with Crippen molar-refractivity contribution in [3.8, 4) is 17.2 Å². The van der Waals surface area contributed by atoms with Gasteiger partial charge in [-0.15, -0.1) is 0 Å². The maximum atomic E-state index is 15.7. The van der Waals surface area contributed by atoms with Crippen LogP contribution in [0.4, 0.5) is 39.5 Å². The van der Waals surface area contributed by atoms with Crippen molar-refractivity contribution < 1.29 is 58.0 Å². The first-order valence-electron chi connectivity index (χ1n) is 16.4. The Labute approximate surface area is 281 Å². The summed E-state index contributed by atoms with van der Waals surface area (Å²) >= 11 is 0. The molecule has 3 rings (SSSR count). The SMILES string of the molecule is CCCCCCCCCCCCCC(c1c(OB(Oc2cc(F)c(F)c(F)c2)Oc2cc(F)c(F)c(F)c2)cc(F)c(F)c1F)[N+](C)(C)C. The van der Waals surface area contributed by atoms with Gasteiger partial charge in [0.05, 0.1) is 26.7 Å². The lowest BCUT2D eigenvalue weighted by atomic mass is 9.95. The lowest BCUT2D eigenvalue weighted by Crippen LogP contribution is -2.41. The molecule has 0 saturated carbocycles. The summed E-state index contributed by atoms with van der Waals surface area (Å²) in [4.78, 5) is 0. The van der Waals surface area contributed by atoms with Crippen LogP contribution in [-0.2, 0) is 0 Å². The van der Waals surface area contributed by atoms with Gasteiger partial charge in [0.15, 0.2) is 52.4 Å². The van der Waals surface area contributed by atoms with Crippen molar-refractivity contribution in [1.29, 1.82) is 0 Å². The number of quaternary nitrogens is 1. The van der Waals surface area contributed by atoms with E-state index in [0.29, 0.717) is 43.2 Å². The maximum absolute atomic E-state index is 15.7. The molecule has 0 aliphatic carbocycles. The highest BCUT2D eigenvalue weighted by atomic mass is 19.2. The molecule has 0 N–H and O–H groups in total. The molecule has 1 atom stereocenters. The van der Waals surface area contributed by atoms with Crippen LogP contribution in [0.1, 0.15) is 95.6 Å². The number of hydrogen-bond donors (Lipinski definition) is 0. The third-order valence-corrected chi connectivity index (χ3v) is 8.11. The molecule has 0 radical (unpaired) electrons. The molecule has 3 aromatic carbocycles. The Bertz CT molecular complexity index is 1430. The average molecular weight is 707 g/mol. The third-order valence-electron chi connectivity index (χ3n) is 8.11. The Morgan fingerprint density at radius 2 is 0.898 bits per heavy atom. The zero-order valence-corrected chi connectivity index (χ0v) is 28.1. The Balaban J connectivity index is 1.89. The van der Waals surface area contributed by atoms with E-state index in [1.807, 2.05) is 0 Å². The van der Waals surface area contributed by atoms with E-state index in [0.717, 1.165) is 32.1 Å². The maximum Gasteiger partial charge on any atom is 0.864 e. The van der Waals surface area contributed by atoms with Gasteiger partial charge in [-0.2, -0.15) is 0 Å². The van der Waals surface area contributed by atoms with Crippen LogP contribution >= 0.6 is 0 Å². The molecule has 0 spiro atoms. The highest BCUT2D eigenvalue weighted by Gasteiger charge is 2.39. The summed E-state index contributed by atoms with van der Waals surface area (Å²) in [5.74, 6) is -17.7. The number of nitrogens with zero attached hydrogens (tertiary/aromatic N) is 1. The van der Waals surface area contributed by atoms with Crippen molar-refractivity contribution in [3.63, 3.8) is 0 Å². The van der Waals surface area contributed by atoms with E-state index in [4.69, 9.17) is 14.0 Å². The lowest BCUT2D eigenvalue weighted by molar-refractivity contribution is -0.902. The van der Waals surface area contributed by atoms with Crippen LogP contribution in [0.25, 0.3) is 0 Å². The summed E-state index contributed by atoms with van der Waals surface area (Å²) in [6.07, 6.45) is 11.9. The van der Waals surface area contributed by atoms with Gasteiger partial charge in [-0.05, 0) is 6.42 Å². The van der Waals surface area contributed by atoms with Gasteiger partial charge in [0.1, 0.15) is 23.3 Å². The van der Waals surface area contributed by atoms with E-state index < -0.39 is 88.5 Å². The van der Waals surface area contributed by atoms with Gasteiger partial charge in [-0.3, -0.25) is 0 Å². The Hall–Kier alpha value is -3.55. The van der Waals surface area contributed by atoms with Gasteiger partial charge in [0, 0.05) is 36.8 Å². The third kappa shape index (κ3) is 11.5. The zero-order chi connectivity index (χ0) is 36.3. The molecule has 49 heavy (non-hydrogen) atoms. The average Bonchev–Trinajstić information content (AvgIpc) is 3.02. The minimum Gasteiger partial charge on any atom is -0.489 e. The first-order valence-corrected chi connectivity index (χ1v) is 16.4. The van der Waals surface area contributed by atoms with E-state index in [1.165, 1.54) is 32.1 Å². The van der Waals surface area contributed by atoms with E-state index in [-0.39, 0.29) is 4.48 Å².